The van der Waals surface area contributed by atoms with Gasteiger partial charge in [0.05, 0.1) is 17.9 Å². The zero-order chi connectivity index (χ0) is 18.1. The van der Waals surface area contributed by atoms with Gasteiger partial charge in [0, 0.05) is 24.9 Å². The van der Waals surface area contributed by atoms with E-state index in [1.54, 1.807) is 4.90 Å². The molecule has 1 unspecified atom stereocenters. The Hall–Kier alpha value is -3.16. The van der Waals surface area contributed by atoms with Crippen molar-refractivity contribution in [3.8, 4) is 11.4 Å². The molecule has 1 aromatic heterocycles. The largest absolute Gasteiger partial charge is 0.340 e. The zero-order valence-corrected chi connectivity index (χ0v) is 14.1. The number of carbonyl (C=O) groups is 3. The van der Waals surface area contributed by atoms with Crippen LogP contribution in [0.25, 0.3) is 11.4 Å². The molecule has 4 rings (SSSR count). The predicted molar refractivity (Wildman–Crippen MR) is 92.8 cm³/mol. The van der Waals surface area contributed by atoms with Gasteiger partial charge in [0.1, 0.15) is 11.9 Å². The van der Waals surface area contributed by atoms with Gasteiger partial charge >= 0.3 is 6.03 Å². The third-order valence-electron chi connectivity index (χ3n) is 4.71. The van der Waals surface area contributed by atoms with Crippen molar-refractivity contribution in [3.05, 3.63) is 41.7 Å². The van der Waals surface area contributed by atoms with Gasteiger partial charge in [-0.25, -0.2) is 9.78 Å². The molecule has 0 saturated carbocycles. The number of urea groups is 1. The number of carbonyl (C=O) groups excluding carboxylic acids is 3. The highest BCUT2D eigenvalue weighted by Gasteiger charge is 2.32. The van der Waals surface area contributed by atoms with Crippen LogP contribution in [0.3, 0.4) is 0 Å². The van der Waals surface area contributed by atoms with E-state index in [1.165, 1.54) is 0 Å². The van der Waals surface area contributed by atoms with Crippen molar-refractivity contribution < 1.29 is 14.4 Å². The maximum atomic E-state index is 12.8. The van der Waals surface area contributed by atoms with Crippen molar-refractivity contribution in [2.24, 2.45) is 0 Å². The third kappa shape index (κ3) is 3.17. The molecule has 3 heterocycles. The van der Waals surface area contributed by atoms with Crippen LogP contribution in [0, 0.1) is 0 Å². The molecule has 0 radical (unpaired) electrons. The Morgan fingerprint density at radius 2 is 1.96 bits per heavy atom. The van der Waals surface area contributed by atoms with Crippen molar-refractivity contribution >= 4 is 17.8 Å². The second-order valence-electron chi connectivity index (χ2n) is 6.50. The number of hydrogen-bond donors (Lipinski definition) is 3. The van der Waals surface area contributed by atoms with E-state index in [0.717, 1.165) is 22.8 Å². The van der Waals surface area contributed by atoms with Gasteiger partial charge in [0.15, 0.2) is 0 Å². The predicted octanol–water partition coefficient (Wildman–Crippen LogP) is 0.950. The number of amides is 4. The number of nitrogens with zero attached hydrogens (tertiary/aromatic N) is 2. The van der Waals surface area contributed by atoms with Crippen molar-refractivity contribution in [3.63, 3.8) is 0 Å². The molecule has 8 nitrogen and oxygen atoms in total. The summed E-state index contributed by atoms with van der Waals surface area (Å²) in [4.78, 5) is 45.5. The minimum Gasteiger partial charge on any atom is -0.340 e. The SMILES string of the molecule is O=C1CCC(C(=O)N2CCc3nc(-c4ccccc4)[nH]c3C2)NC(=O)N1. The lowest BCUT2D eigenvalue weighted by Gasteiger charge is -2.29. The molecule has 1 aromatic carbocycles. The first-order chi connectivity index (χ1) is 12.6. The Bertz CT molecular complexity index is 861. The molecule has 3 N–H and O–H groups in total. The fourth-order valence-corrected chi connectivity index (χ4v) is 3.35. The first-order valence-corrected chi connectivity index (χ1v) is 8.62. The normalized spacial score (nSPS) is 20.0. The summed E-state index contributed by atoms with van der Waals surface area (Å²) in [5.41, 5.74) is 2.88. The number of aromatic nitrogens is 2. The van der Waals surface area contributed by atoms with E-state index in [2.05, 4.69) is 20.6 Å². The van der Waals surface area contributed by atoms with Crippen LogP contribution >= 0.6 is 0 Å². The fraction of sp³-hybridized carbons (Fsp3) is 0.333. The van der Waals surface area contributed by atoms with E-state index >= 15 is 0 Å². The summed E-state index contributed by atoms with van der Waals surface area (Å²) < 4.78 is 0. The molecule has 4 amide bonds. The van der Waals surface area contributed by atoms with Crippen LogP contribution in [0.15, 0.2) is 30.3 Å². The van der Waals surface area contributed by atoms with Crippen LogP contribution in [0.5, 0.6) is 0 Å². The Balaban J connectivity index is 1.49. The summed E-state index contributed by atoms with van der Waals surface area (Å²) in [5, 5.41) is 4.76. The first kappa shape index (κ1) is 16.3. The van der Waals surface area contributed by atoms with Crippen molar-refractivity contribution in [1.29, 1.82) is 0 Å². The number of imidazole rings is 1. The lowest BCUT2D eigenvalue weighted by atomic mass is 10.1. The van der Waals surface area contributed by atoms with E-state index < -0.39 is 12.1 Å². The molecule has 1 atom stereocenters. The number of nitrogens with one attached hydrogen (secondary N) is 3. The monoisotopic (exact) mass is 353 g/mol. The van der Waals surface area contributed by atoms with E-state index in [-0.39, 0.29) is 18.2 Å². The molecule has 2 aromatic rings. The average molecular weight is 353 g/mol. The molecule has 2 aliphatic rings. The summed E-state index contributed by atoms with van der Waals surface area (Å²) in [7, 11) is 0. The van der Waals surface area contributed by atoms with Crippen molar-refractivity contribution in [2.75, 3.05) is 6.54 Å². The van der Waals surface area contributed by atoms with Crippen LogP contribution in [0.2, 0.25) is 0 Å². The summed E-state index contributed by atoms with van der Waals surface area (Å²) in [6.45, 7) is 0.959. The van der Waals surface area contributed by atoms with Gasteiger partial charge in [0.25, 0.3) is 0 Å². The molecular formula is C18H19N5O3. The topological polar surface area (TPSA) is 107 Å². The standard InChI is InChI=1S/C18H19N5O3/c24-15-7-6-13(21-18(26)22-15)17(25)23-9-8-12-14(10-23)20-16(19-12)11-4-2-1-3-5-11/h1-5,13H,6-10H2,(H,19,20)(H2,21,22,24,26). The number of hydrogen-bond acceptors (Lipinski definition) is 4. The molecule has 0 aliphatic carbocycles. The van der Waals surface area contributed by atoms with E-state index in [1.807, 2.05) is 30.3 Å². The number of aromatic amines is 1. The number of benzene rings is 1. The van der Waals surface area contributed by atoms with Crippen LogP contribution < -0.4 is 10.6 Å². The Labute approximate surface area is 150 Å². The van der Waals surface area contributed by atoms with Crippen molar-refractivity contribution in [1.82, 2.24) is 25.5 Å². The Morgan fingerprint density at radius 3 is 2.77 bits per heavy atom. The van der Waals surface area contributed by atoms with E-state index in [0.29, 0.717) is 25.9 Å². The highest BCUT2D eigenvalue weighted by atomic mass is 16.2. The molecule has 2 aliphatic heterocycles. The molecule has 8 heteroatoms. The minimum absolute atomic E-state index is 0.149. The lowest BCUT2D eigenvalue weighted by molar-refractivity contribution is -0.134. The van der Waals surface area contributed by atoms with Gasteiger partial charge in [-0.3, -0.25) is 14.9 Å². The maximum absolute atomic E-state index is 12.8. The molecule has 1 fully saturated rings. The second-order valence-corrected chi connectivity index (χ2v) is 6.50. The quantitative estimate of drug-likeness (QED) is 0.747. The summed E-state index contributed by atoms with van der Waals surface area (Å²) >= 11 is 0. The zero-order valence-electron chi connectivity index (χ0n) is 14.1. The average Bonchev–Trinajstić information content (AvgIpc) is 3.00. The van der Waals surface area contributed by atoms with Gasteiger partial charge in [-0.15, -0.1) is 0 Å². The van der Waals surface area contributed by atoms with E-state index in [4.69, 9.17) is 0 Å². The molecular weight excluding hydrogens is 334 g/mol. The third-order valence-corrected chi connectivity index (χ3v) is 4.71. The second kappa shape index (κ2) is 6.62. The number of rotatable bonds is 2. The van der Waals surface area contributed by atoms with Gasteiger partial charge < -0.3 is 15.2 Å². The number of fused-ring (bicyclic) bond motifs is 1. The molecule has 1 saturated heterocycles. The highest BCUT2D eigenvalue weighted by Crippen LogP contribution is 2.23. The lowest BCUT2D eigenvalue weighted by Crippen LogP contribution is -2.50. The Kier molecular flexibility index (Phi) is 4.16. The van der Waals surface area contributed by atoms with E-state index in [9.17, 15) is 14.4 Å². The van der Waals surface area contributed by atoms with Crippen LogP contribution in [0.1, 0.15) is 24.2 Å². The summed E-state index contributed by atoms with van der Waals surface area (Å²) in [6.07, 6.45) is 1.11. The van der Waals surface area contributed by atoms with Gasteiger partial charge in [-0.05, 0) is 6.42 Å². The molecule has 0 bridgehead atoms. The van der Waals surface area contributed by atoms with Crippen LogP contribution in [-0.2, 0) is 22.6 Å². The highest BCUT2D eigenvalue weighted by molar-refractivity contribution is 5.98. The van der Waals surface area contributed by atoms with Crippen molar-refractivity contribution in [2.45, 2.75) is 31.8 Å². The molecule has 0 spiro atoms. The van der Waals surface area contributed by atoms with Crippen LogP contribution in [0.4, 0.5) is 4.79 Å². The summed E-state index contributed by atoms with van der Waals surface area (Å²) in [6, 6.07) is 8.54. The van der Waals surface area contributed by atoms with Gasteiger partial charge in [-0.1, -0.05) is 30.3 Å². The van der Waals surface area contributed by atoms with Gasteiger partial charge in [-0.2, -0.15) is 0 Å². The number of imide groups is 1. The Morgan fingerprint density at radius 1 is 1.15 bits per heavy atom. The molecule has 134 valence electrons. The summed E-state index contributed by atoms with van der Waals surface area (Å²) in [5.74, 6) is 0.263. The first-order valence-electron chi connectivity index (χ1n) is 8.62. The minimum atomic E-state index is -0.681. The number of H-pyrrole nitrogens is 1. The fourth-order valence-electron chi connectivity index (χ4n) is 3.35. The van der Waals surface area contributed by atoms with Gasteiger partial charge in [0.2, 0.25) is 11.8 Å². The van der Waals surface area contributed by atoms with Crippen LogP contribution in [-0.4, -0.2) is 45.3 Å². The smallest absolute Gasteiger partial charge is 0.322 e. The molecule has 26 heavy (non-hydrogen) atoms. The maximum Gasteiger partial charge on any atom is 0.322 e.